The quantitative estimate of drug-likeness (QED) is 0.357. The Labute approximate surface area is 150 Å². The predicted molar refractivity (Wildman–Crippen MR) is 103 cm³/mol. The first-order valence-electron chi connectivity index (χ1n) is 8.99. The van der Waals surface area contributed by atoms with Gasteiger partial charge in [0.25, 0.3) is 9.05 Å². The van der Waals surface area contributed by atoms with Gasteiger partial charge in [-0.2, -0.15) is 0 Å². The Morgan fingerprint density at radius 2 is 1.46 bits per heavy atom. The highest BCUT2D eigenvalue weighted by Crippen LogP contribution is 2.30. The highest BCUT2D eigenvalue weighted by Gasteiger charge is 2.18. The van der Waals surface area contributed by atoms with Crippen LogP contribution in [0.15, 0.2) is 41.3 Å². The minimum absolute atomic E-state index is 0.296. The zero-order valence-corrected chi connectivity index (χ0v) is 16.0. The summed E-state index contributed by atoms with van der Waals surface area (Å²) >= 11 is 0. The Bertz CT molecular complexity index is 753. The van der Waals surface area contributed by atoms with Crippen molar-refractivity contribution >= 4 is 30.5 Å². The minimum Gasteiger partial charge on any atom is -0.207 e. The molecule has 4 heteroatoms. The largest absolute Gasteiger partial charge is 0.262 e. The van der Waals surface area contributed by atoms with E-state index in [1.165, 1.54) is 38.5 Å². The van der Waals surface area contributed by atoms with E-state index in [1.54, 1.807) is 0 Å². The molecule has 0 aliphatic carbocycles. The molecule has 0 atom stereocenters. The SMILES string of the molecule is CCCCCCCCCCc1ccc2ccccc2c1S(=O)(=O)Cl. The number of hydrogen-bond acceptors (Lipinski definition) is 2. The van der Waals surface area contributed by atoms with Gasteiger partial charge in [-0.05, 0) is 23.8 Å². The Morgan fingerprint density at radius 1 is 0.833 bits per heavy atom. The number of aryl methyl sites for hydroxylation is 1. The molecule has 2 aromatic rings. The van der Waals surface area contributed by atoms with Crippen LogP contribution >= 0.6 is 10.7 Å². The summed E-state index contributed by atoms with van der Waals surface area (Å²) in [6.45, 7) is 2.23. The molecule has 0 unspecified atom stereocenters. The van der Waals surface area contributed by atoms with Crippen LogP contribution < -0.4 is 0 Å². The average Bonchev–Trinajstić information content (AvgIpc) is 2.55. The monoisotopic (exact) mass is 366 g/mol. The summed E-state index contributed by atoms with van der Waals surface area (Å²) < 4.78 is 24.1. The second-order valence-corrected chi connectivity index (χ2v) is 8.94. The first kappa shape index (κ1) is 19.3. The lowest BCUT2D eigenvalue weighted by atomic mass is 10.0. The smallest absolute Gasteiger partial charge is 0.207 e. The lowest BCUT2D eigenvalue weighted by Gasteiger charge is -2.10. The van der Waals surface area contributed by atoms with Gasteiger partial charge in [0.1, 0.15) is 0 Å². The molecule has 0 radical (unpaired) electrons. The van der Waals surface area contributed by atoms with Crippen molar-refractivity contribution in [2.75, 3.05) is 0 Å². The fourth-order valence-corrected chi connectivity index (χ4v) is 4.70. The molecule has 132 valence electrons. The van der Waals surface area contributed by atoms with Crippen LogP contribution in [-0.2, 0) is 15.5 Å². The molecule has 0 aliphatic rings. The topological polar surface area (TPSA) is 34.1 Å². The lowest BCUT2D eigenvalue weighted by Crippen LogP contribution is -2.00. The summed E-state index contributed by atoms with van der Waals surface area (Å²) in [5, 5.41) is 1.64. The van der Waals surface area contributed by atoms with Gasteiger partial charge in [0, 0.05) is 16.1 Å². The molecule has 0 aliphatic heterocycles. The van der Waals surface area contributed by atoms with Crippen molar-refractivity contribution in [3.63, 3.8) is 0 Å². The number of fused-ring (bicyclic) bond motifs is 1. The molecule has 0 bridgehead atoms. The van der Waals surface area contributed by atoms with Gasteiger partial charge in [-0.1, -0.05) is 88.3 Å². The van der Waals surface area contributed by atoms with Gasteiger partial charge < -0.3 is 0 Å². The molecule has 0 heterocycles. The average molecular weight is 367 g/mol. The fourth-order valence-electron chi connectivity index (χ4n) is 3.22. The Kier molecular flexibility index (Phi) is 7.57. The zero-order valence-electron chi connectivity index (χ0n) is 14.4. The number of hydrogen-bond donors (Lipinski definition) is 0. The standard InChI is InChI=1S/C20H27ClO2S/c1-2-3-4-5-6-7-8-9-13-18-16-15-17-12-10-11-14-19(17)20(18)24(21,22)23/h10-12,14-16H,2-9,13H2,1H3. The van der Waals surface area contributed by atoms with Crippen LogP contribution in [0.2, 0.25) is 0 Å². The molecule has 2 aromatic carbocycles. The summed E-state index contributed by atoms with van der Waals surface area (Å²) in [4.78, 5) is 0.296. The minimum atomic E-state index is -3.75. The molecule has 2 rings (SSSR count). The van der Waals surface area contributed by atoms with E-state index in [9.17, 15) is 8.42 Å². The van der Waals surface area contributed by atoms with Crippen LogP contribution in [0.5, 0.6) is 0 Å². The maximum Gasteiger partial charge on any atom is 0.262 e. The van der Waals surface area contributed by atoms with E-state index in [1.807, 2.05) is 36.4 Å². The molecule has 24 heavy (non-hydrogen) atoms. The van der Waals surface area contributed by atoms with Crippen molar-refractivity contribution in [3.05, 3.63) is 42.0 Å². The number of unbranched alkanes of at least 4 members (excludes halogenated alkanes) is 7. The second kappa shape index (κ2) is 9.43. The Morgan fingerprint density at radius 3 is 2.12 bits per heavy atom. The molecule has 0 spiro atoms. The van der Waals surface area contributed by atoms with Crippen molar-refractivity contribution < 1.29 is 8.42 Å². The third-order valence-electron chi connectivity index (χ3n) is 4.50. The molecule has 0 N–H and O–H groups in total. The fraction of sp³-hybridized carbons (Fsp3) is 0.500. The van der Waals surface area contributed by atoms with Crippen LogP contribution in [0.1, 0.15) is 63.9 Å². The highest BCUT2D eigenvalue weighted by atomic mass is 35.7. The Balaban J connectivity index is 1.99. The van der Waals surface area contributed by atoms with Crippen LogP contribution in [0, 0.1) is 0 Å². The first-order chi connectivity index (χ1) is 11.5. The zero-order chi connectivity index (χ0) is 17.4. The predicted octanol–water partition coefficient (Wildman–Crippen LogP) is 6.45. The first-order valence-corrected chi connectivity index (χ1v) is 11.3. The molecule has 2 nitrogen and oxygen atoms in total. The van der Waals surface area contributed by atoms with E-state index in [4.69, 9.17) is 10.7 Å². The summed E-state index contributed by atoms with van der Waals surface area (Å²) in [7, 11) is 1.98. The van der Waals surface area contributed by atoms with Crippen LogP contribution in [0.3, 0.4) is 0 Å². The summed E-state index contributed by atoms with van der Waals surface area (Å²) in [6, 6.07) is 11.4. The highest BCUT2D eigenvalue weighted by molar-refractivity contribution is 8.14. The van der Waals surface area contributed by atoms with E-state index in [2.05, 4.69) is 6.92 Å². The van der Waals surface area contributed by atoms with E-state index >= 15 is 0 Å². The van der Waals surface area contributed by atoms with Gasteiger partial charge in [-0.15, -0.1) is 0 Å². The summed E-state index contributed by atoms with van der Waals surface area (Å²) in [5.74, 6) is 0. The number of benzene rings is 2. The maximum absolute atomic E-state index is 12.1. The van der Waals surface area contributed by atoms with Gasteiger partial charge in [-0.25, -0.2) is 8.42 Å². The van der Waals surface area contributed by atoms with E-state index < -0.39 is 9.05 Å². The van der Waals surface area contributed by atoms with Crippen LogP contribution in [-0.4, -0.2) is 8.42 Å². The number of rotatable bonds is 10. The maximum atomic E-state index is 12.1. The molecule has 0 amide bonds. The summed E-state index contributed by atoms with van der Waals surface area (Å²) in [5.41, 5.74) is 0.842. The van der Waals surface area contributed by atoms with Gasteiger partial charge in [0.15, 0.2) is 0 Å². The molecule has 0 saturated carbocycles. The van der Waals surface area contributed by atoms with Crippen molar-refractivity contribution in [3.8, 4) is 0 Å². The van der Waals surface area contributed by atoms with Gasteiger partial charge >= 0.3 is 0 Å². The summed E-state index contributed by atoms with van der Waals surface area (Å²) in [6.07, 6.45) is 10.7. The number of halogens is 1. The van der Waals surface area contributed by atoms with Crippen LogP contribution in [0.25, 0.3) is 10.8 Å². The second-order valence-electron chi connectivity index (χ2n) is 6.44. The molecule has 0 saturated heterocycles. The van der Waals surface area contributed by atoms with Crippen molar-refractivity contribution in [1.82, 2.24) is 0 Å². The van der Waals surface area contributed by atoms with E-state index in [0.29, 0.717) is 4.90 Å². The molecule has 0 fully saturated rings. The van der Waals surface area contributed by atoms with Gasteiger partial charge in [-0.3, -0.25) is 0 Å². The third-order valence-corrected chi connectivity index (χ3v) is 5.94. The normalized spacial score (nSPS) is 11.9. The van der Waals surface area contributed by atoms with Crippen molar-refractivity contribution in [1.29, 1.82) is 0 Å². The van der Waals surface area contributed by atoms with Crippen LogP contribution in [0.4, 0.5) is 0 Å². The molecular formula is C20H27ClO2S. The van der Waals surface area contributed by atoms with Crippen molar-refractivity contribution in [2.24, 2.45) is 0 Å². The van der Waals surface area contributed by atoms with E-state index in [0.717, 1.165) is 35.6 Å². The Hall–Kier alpha value is -1.06. The van der Waals surface area contributed by atoms with E-state index in [-0.39, 0.29) is 0 Å². The lowest BCUT2D eigenvalue weighted by molar-refractivity contribution is 0.574. The third kappa shape index (κ3) is 5.49. The molecule has 0 aromatic heterocycles. The van der Waals surface area contributed by atoms with Crippen molar-refractivity contribution in [2.45, 2.75) is 69.6 Å². The van der Waals surface area contributed by atoms with Gasteiger partial charge in [0.05, 0.1) is 4.90 Å². The molecular weight excluding hydrogens is 340 g/mol. The van der Waals surface area contributed by atoms with Gasteiger partial charge in [0.2, 0.25) is 0 Å².